The van der Waals surface area contributed by atoms with Gasteiger partial charge in [0.1, 0.15) is 5.75 Å². The summed E-state index contributed by atoms with van der Waals surface area (Å²) in [5.41, 5.74) is 0.585. The Labute approximate surface area is 89.6 Å². The molecule has 0 bridgehead atoms. The van der Waals surface area contributed by atoms with Crippen LogP contribution in [0.2, 0.25) is 0 Å². The van der Waals surface area contributed by atoms with E-state index in [1.54, 1.807) is 0 Å². The van der Waals surface area contributed by atoms with Crippen LogP contribution in [0.4, 0.5) is 0 Å². The molecule has 2 rings (SSSR count). The second-order valence-electron chi connectivity index (χ2n) is 3.02. The Morgan fingerprint density at radius 3 is 2.56 bits per heavy atom. The van der Waals surface area contributed by atoms with Crippen LogP contribution in [0.15, 0.2) is 18.2 Å². The molecule has 2 N–H and O–H groups in total. The summed E-state index contributed by atoms with van der Waals surface area (Å²) in [6.45, 7) is 0.228. The van der Waals surface area contributed by atoms with Gasteiger partial charge in [0.2, 0.25) is 0 Å². The molecule has 0 atom stereocenters. The fourth-order valence-corrected chi connectivity index (χ4v) is 1.24. The summed E-state index contributed by atoms with van der Waals surface area (Å²) >= 11 is 0. The summed E-state index contributed by atoms with van der Waals surface area (Å²) in [7, 11) is 0. The van der Waals surface area contributed by atoms with E-state index in [2.05, 4.69) is 19.6 Å². The second kappa shape index (κ2) is 4.56. The number of rotatable bonds is 4. The molecule has 0 aromatic heterocycles. The number of ether oxygens (including phenoxy) is 1. The molecule has 0 spiro atoms. The smallest absolute Gasteiger partial charge is 0.298 e. The van der Waals surface area contributed by atoms with E-state index < -0.39 is 12.6 Å². The maximum atomic E-state index is 10.2. The van der Waals surface area contributed by atoms with Crippen molar-refractivity contribution in [2.75, 3.05) is 0 Å². The van der Waals surface area contributed by atoms with Gasteiger partial charge >= 0.3 is 0 Å². The van der Waals surface area contributed by atoms with E-state index in [4.69, 9.17) is 10.2 Å². The Morgan fingerprint density at radius 1 is 1.31 bits per heavy atom. The topological polar surface area (TPSA) is 94.5 Å². The summed E-state index contributed by atoms with van der Waals surface area (Å²) in [4.78, 5) is 19.3. The van der Waals surface area contributed by atoms with Crippen LogP contribution in [-0.4, -0.2) is 16.7 Å². The third kappa shape index (κ3) is 2.18. The van der Waals surface area contributed by atoms with Crippen LogP contribution in [0.5, 0.6) is 5.75 Å². The molecule has 1 saturated heterocycles. The average molecular weight is 228 g/mol. The first kappa shape index (κ1) is 11.0. The van der Waals surface area contributed by atoms with Gasteiger partial charge in [-0.2, -0.15) is 9.78 Å². The number of aliphatic hydroxyl groups is 2. The number of aliphatic hydroxyl groups excluding tert-OH is 1. The number of hydrogen-bond acceptors (Lipinski definition) is 7. The average Bonchev–Trinajstić information content (AvgIpc) is 2.15. The maximum Gasteiger partial charge on any atom is 0.298 e. The van der Waals surface area contributed by atoms with Crippen molar-refractivity contribution >= 4 is 6.47 Å². The third-order valence-corrected chi connectivity index (χ3v) is 1.96. The Morgan fingerprint density at radius 2 is 2.06 bits per heavy atom. The number of benzene rings is 1. The van der Waals surface area contributed by atoms with Crippen molar-refractivity contribution in [3.63, 3.8) is 0 Å². The molecule has 1 heterocycles. The molecule has 0 aliphatic carbocycles. The van der Waals surface area contributed by atoms with E-state index in [9.17, 15) is 4.79 Å². The zero-order chi connectivity index (χ0) is 11.5. The van der Waals surface area contributed by atoms with Crippen molar-refractivity contribution in [1.29, 1.82) is 0 Å². The maximum absolute atomic E-state index is 10.2. The van der Waals surface area contributed by atoms with Gasteiger partial charge in [-0.3, -0.25) is 4.79 Å². The zero-order valence-electron chi connectivity index (χ0n) is 7.90. The van der Waals surface area contributed by atoms with Gasteiger partial charge in [-0.25, -0.2) is 0 Å². The summed E-state index contributed by atoms with van der Waals surface area (Å²) in [6.07, 6.45) is -2.46. The molecule has 7 nitrogen and oxygen atoms in total. The van der Waals surface area contributed by atoms with Crippen molar-refractivity contribution in [2.45, 2.75) is 12.6 Å². The van der Waals surface area contributed by atoms with E-state index in [0.29, 0.717) is 5.56 Å². The summed E-state index contributed by atoms with van der Waals surface area (Å²) in [6, 6.07) is 4.19. The molecule has 1 fully saturated rings. The highest BCUT2D eigenvalue weighted by atomic mass is 17.6. The van der Waals surface area contributed by atoms with Gasteiger partial charge in [-0.1, -0.05) is 5.04 Å². The SMILES string of the molecule is O=COc1cc(C(O)O)cc(C2OOO2)c1. The highest BCUT2D eigenvalue weighted by molar-refractivity contribution is 5.47. The molecule has 7 heteroatoms. The first-order chi connectivity index (χ1) is 7.70. The molecule has 0 unspecified atom stereocenters. The van der Waals surface area contributed by atoms with E-state index in [1.807, 2.05) is 0 Å². The second-order valence-corrected chi connectivity index (χ2v) is 3.02. The Hall–Kier alpha value is -1.51. The van der Waals surface area contributed by atoms with E-state index in [0.717, 1.165) is 0 Å². The summed E-state index contributed by atoms with van der Waals surface area (Å²) in [5.74, 6) is 0.148. The van der Waals surface area contributed by atoms with Gasteiger partial charge in [0.05, 0.1) is 0 Å². The van der Waals surface area contributed by atoms with Gasteiger partial charge in [0.25, 0.3) is 12.8 Å². The Kier molecular flexibility index (Phi) is 3.13. The number of carbonyl (C=O) groups is 1. The van der Waals surface area contributed by atoms with Crippen molar-refractivity contribution in [1.82, 2.24) is 0 Å². The predicted octanol–water partition coefficient (Wildman–Crippen LogP) is 0.0970. The van der Waals surface area contributed by atoms with E-state index in [-0.39, 0.29) is 17.8 Å². The lowest BCUT2D eigenvalue weighted by Gasteiger charge is -2.23. The fraction of sp³-hybridized carbons (Fsp3) is 0.222. The molecule has 16 heavy (non-hydrogen) atoms. The minimum atomic E-state index is -1.69. The molecular weight excluding hydrogens is 220 g/mol. The lowest BCUT2D eigenvalue weighted by Crippen LogP contribution is -2.20. The summed E-state index contributed by atoms with van der Waals surface area (Å²) in [5, 5.41) is 22.1. The normalized spacial score (nSPS) is 15.9. The molecular formula is C9H8O7. The van der Waals surface area contributed by atoms with E-state index in [1.165, 1.54) is 18.2 Å². The van der Waals surface area contributed by atoms with Crippen molar-refractivity contribution < 1.29 is 34.6 Å². The first-order valence-corrected chi connectivity index (χ1v) is 4.31. The molecule has 1 aromatic carbocycles. The third-order valence-electron chi connectivity index (χ3n) is 1.96. The van der Waals surface area contributed by atoms with Crippen molar-refractivity contribution in [2.24, 2.45) is 0 Å². The van der Waals surface area contributed by atoms with Gasteiger partial charge in [0.15, 0.2) is 6.29 Å². The molecule has 1 aliphatic rings. The van der Waals surface area contributed by atoms with E-state index >= 15 is 0 Å². The molecule has 0 radical (unpaired) electrons. The molecule has 1 aliphatic heterocycles. The standard InChI is InChI=1S/C9H8O7/c10-4-13-7-2-5(8(11)12)1-6(3-7)9-14-16-15-9/h1-4,8-9,11-12H. The Balaban J connectivity index is 2.31. The minimum Gasteiger partial charge on any atom is -0.429 e. The number of carbonyl (C=O) groups excluding carboxylic acids is 1. The van der Waals surface area contributed by atoms with Gasteiger partial charge in [-0.15, -0.1) is 0 Å². The highest BCUT2D eigenvalue weighted by Gasteiger charge is 2.26. The van der Waals surface area contributed by atoms with Crippen LogP contribution < -0.4 is 4.74 Å². The predicted molar refractivity (Wildman–Crippen MR) is 46.3 cm³/mol. The first-order valence-electron chi connectivity index (χ1n) is 4.31. The van der Waals surface area contributed by atoms with Crippen LogP contribution in [-0.2, 0) is 19.6 Å². The monoisotopic (exact) mass is 228 g/mol. The Bertz CT molecular complexity index is 385. The molecule has 86 valence electrons. The van der Waals surface area contributed by atoms with Crippen LogP contribution in [0.25, 0.3) is 0 Å². The molecule has 1 aromatic rings. The molecule has 0 saturated carbocycles. The minimum absolute atomic E-state index is 0.147. The lowest BCUT2D eigenvalue weighted by atomic mass is 10.1. The van der Waals surface area contributed by atoms with Crippen LogP contribution in [0, 0.1) is 0 Å². The zero-order valence-corrected chi connectivity index (χ0v) is 7.90. The van der Waals surface area contributed by atoms with Gasteiger partial charge in [0, 0.05) is 11.1 Å². The van der Waals surface area contributed by atoms with Crippen LogP contribution >= 0.6 is 0 Å². The van der Waals surface area contributed by atoms with Crippen LogP contribution in [0.3, 0.4) is 0 Å². The van der Waals surface area contributed by atoms with Crippen molar-refractivity contribution in [3.05, 3.63) is 29.3 Å². The van der Waals surface area contributed by atoms with Crippen LogP contribution in [0.1, 0.15) is 23.7 Å². The number of hydrogen-bond donors (Lipinski definition) is 2. The fourth-order valence-electron chi connectivity index (χ4n) is 1.24. The van der Waals surface area contributed by atoms with Crippen molar-refractivity contribution in [3.8, 4) is 5.75 Å². The largest absolute Gasteiger partial charge is 0.429 e. The quantitative estimate of drug-likeness (QED) is 0.428. The molecule has 0 amide bonds. The van der Waals surface area contributed by atoms with Gasteiger partial charge in [-0.05, 0) is 18.2 Å². The lowest BCUT2D eigenvalue weighted by molar-refractivity contribution is -0.697. The summed E-state index contributed by atoms with van der Waals surface area (Å²) < 4.78 is 4.60. The highest BCUT2D eigenvalue weighted by Crippen LogP contribution is 2.32. The van der Waals surface area contributed by atoms with Gasteiger partial charge < -0.3 is 14.9 Å².